The van der Waals surface area contributed by atoms with E-state index in [4.69, 9.17) is 9.11 Å². The average molecular weight is 736 g/mol. The summed E-state index contributed by atoms with van der Waals surface area (Å²) in [5.41, 5.74) is 10.1. The molecule has 7 nitrogen and oxygen atoms in total. The summed E-state index contributed by atoms with van der Waals surface area (Å²) in [5, 5.41) is 5.82. The van der Waals surface area contributed by atoms with Crippen molar-refractivity contribution >= 4 is 60.7 Å². The van der Waals surface area contributed by atoms with E-state index in [0.717, 1.165) is 0 Å². The average Bonchev–Trinajstić information content (AvgIpc) is 3.50. The largest absolute Gasteiger partial charge is 0.296 e. The standard InChI is InChI=1S/C20H25N.C20H12.C3H8O6S2/c1-4-18(20-8-6-5-7-9-20)14-16(2)19-12-10-17(11-13-19)15-21-3;1-2-12-5-6-14-9-10-15-8-7-13-4-3-11(1)16-17(12)19(14)20(15)18(13)16;1-3(2,10(4,5)6)11(7,8)9/h5-13,16,18H,3-4,14-15H2,1-2H3;1-11,16H;1-2H3,(H,4,5,6)(H,7,8,9). The van der Waals surface area contributed by atoms with Crippen LogP contribution in [0.2, 0.25) is 0 Å². The van der Waals surface area contributed by atoms with Gasteiger partial charge in [0.05, 0.1) is 6.54 Å². The Kier molecular flexibility index (Phi) is 10.4. The fraction of sp³-hybridized carbons (Fsp3) is 0.279. The zero-order chi connectivity index (χ0) is 37.4. The van der Waals surface area contributed by atoms with Gasteiger partial charge < -0.3 is 0 Å². The first-order valence-corrected chi connectivity index (χ1v) is 20.4. The maximum absolute atomic E-state index is 10.3. The topological polar surface area (TPSA) is 121 Å². The Balaban J connectivity index is 0.000000141. The molecule has 5 aromatic carbocycles. The Hall–Kier alpha value is -4.41. The normalized spacial score (nSPS) is 17.7. The van der Waals surface area contributed by atoms with Crippen LogP contribution in [-0.2, 0) is 26.8 Å². The molecule has 52 heavy (non-hydrogen) atoms. The van der Waals surface area contributed by atoms with E-state index in [1.54, 1.807) is 11.1 Å². The van der Waals surface area contributed by atoms with Gasteiger partial charge in [0.2, 0.25) is 4.08 Å². The molecule has 0 radical (unpaired) electrons. The Labute approximate surface area is 307 Å². The van der Waals surface area contributed by atoms with Crippen molar-refractivity contribution in [2.45, 2.75) is 68.9 Å². The van der Waals surface area contributed by atoms with Crippen molar-refractivity contribution < 1.29 is 25.9 Å². The predicted molar refractivity (Wildman–Crippen MR) is 214 cm³/mol. The summed E-state index contributed by atoms with van der Waals surface area (Å²) in [6, 6.07) is 33.4. The molecule has 0 amide bonds. The molecule has 0 aliphatic heterocycles. The minimum atomic E-state index is -4.80. The molecular formula is C43H45NO6S2. The van der Waals surface area contributed by atoms with Gasteiger partial charge in [-0.05, 0) is 106 Å². The van der Waals surface area contributed by atoms with Crippen LogP contribution >= 0.6 is 0 Å². The van der Waals surface area contributed by atoms with Gasteiger partial charge >= 0.3 is 0 Å². The number of rotatable bonds is 9. The third-order valence-corrected chi connectivity index (χ3v) is 14.6. The summed E-state index contributed by atoms with van der Waals surface area (Å²) in [6.07, 6.45) is 11.8. The molecular weight excluding hydrogens is 691 g/mol. The van der Waals surface area contributed by atoms with Gasteiger partial charge in [-0.25, -0.2) is 0 Å². The van der Waals surface area contributed by atoms with Crippen LogP contribution in [0.4, 0.5) is 0 Å². The van der Waals surface area contributed by atoms with Crippen LogP contribution < -0.4 is 0 Å². The molecule has 0 aromatic heterocycles. The lowest BCUT2D eigenvalue weighted by atomic mass is 9.74. The molecule has 270 valence electrons. The van der Waals surface area contributed by atoms with Crippen LogP contribution in [0.1, 0.15) is 97.2 Å². The van der Waals surface area contributed by atoms with Gasteiger partial charge in [-0.2, -0.15) is 16.8 Å². The van der Waals surface area contributed by atoms with Gasteiger partial charge in [0.15, 0.2) is 0 Å². The minimum Gasteiger partial charge on any atom is -0.296 e. The smallest absolute Gasteiger partial charge is 0.287 e. The first-order valence-electron chi connectivity index (χ1n) is 17.5. The van der Waals surface area contributed by atoms with E-state index in [1.807, 2.05) is 0 Å². The zero-order valence-corrected chi connectivity index (χ0v) is 31.5. The third kappa shape index (κ3) is 7.03. The van der Waals surface area contributed by atoms with Gasteiger partial charge in [-0.1, -0.05) is 129 Å². The summed E-state index contributed by atoms with van der Waals surface area (Å²) in [6.45, 7) is 10.2. The highest BCUT2D eigenvalue weighted by Gasteiger charge is 2.45. The molecule has 0 spiro atoms. The van der Waals surface area contributed by atoms with E-state index in [0.29, 0.717) is 44.1 Å². The van der Waals surface area contributed by atoms with Crippen molar-refractivity contribution in [2.75, 3.05) is 0 Å². The lowest BCUT2D eigenvalue weighted by molar-refractivity contribution is 0.435. The Morgan fingerprint density at radius 3 is 1.67 bits per heavy atom. The van der Waals surface area contributed by atoms with Gasteiger partial charge in [-0.15, -0.1) is 0 Å². The molecule has 0 bridgehead atoms. The van der Waals surface area contributed by atoms with Crippen LogP contribution in [-0.4, -0.2) is 36.7 Å². The molecule has 3 aliphatic carbocycles. The molecule has 0 saturated carbocycles. The molecule has 2 atom stereocenters. The first kappa shape index (κ1) is 37.4. The molecule has 9 heteroatoms. The summed E-state index contributed by atoms with van der Waals surface area (Å²) in [7, 11) is -9.60. The molecule has 0 fully saturated rings. The second kappa shape index (κ2) is 14.5. The number of nitrogens with zero attached hydrogens (tertiary/aromatic N) is 1. The molecule has 2 N–H and O–H groups in total. The maximum atomic E-state index is 10.3. The summed E-state index contributed by atoms with van der Waals surface area (Å²) in [4.78, 5) is 3.93. The van der Waals surface area contributed by atoms with E-state index in [1.165, 1.54) is 62.2 Å². The number of allylic oxidation sites excluding steroid dienone is 2. The minimum absolute atomic E-state index is 0.540. The van der Waals surface area contributed by atoms with E-state index >= 15 is 0 Å². The molecule has 5 aromatic rings. The highest BCUT2D eigenvalue weighted by atomic mass is 32.3. The highest BCUT2D eigenvalue weighted by molar-refractivity contribution is 8.05. The van der Waals surface area contributed by atoms with E-state index in [2.05, 4.69) is 141 Å². The number of hydrogen-bond acceptors (Lipinski definition) is 5. The van der Waals surface area contributed by atoms with Crippen LogP contribution in [0.5, 0.6) is 0 Å². The van der Waals surface area contributed by atoms with Crippen molar-refractivity contribution in [2.24, 2.45) is 10.9 Å². The molecule has 2 unspecified atom stereocenters. The third-order valence-electron chi connectivity index (χ3n) is 10.8. The predicted octanol–water partition coefficient (Wildman–Crippen LogP) is 10.2. The van der Waals surface area contributed by atoms with Crippen LogP contribution in [0.15, 0.2) is 108 Å². The van der Waals surface area contributed by atoms with Crippen molar-refractivity contribution in [3.8, 4) is 0 Å². The summed E-state index contributed by atoms with van der Waals surface area (Å²) < 4.78 is 55.3. The van der Waals surface area contributed by atoms with Crippen LogP contribution in [0.3, 0.4) is 0 Å². The van der Waals surface area contributed by atoms with Crippen molar-refractivity contribution in [3.63, 3.8) is 0 Å². The van der Waals surface area contributed by atoms with Gasteiger partial charge in [-0.3, -0.25) is 14.1 Å². The first-order chi connectivity index (χ1) is 24.7. The zero-order valence-electron chi connectivity index (χ0n) is 29.9. The quantitative estimate of drug-likeness (QED) is 0.0883. The number of aliphatic imine (C=N–C) groups is 1. The van der Waals surface area contributed by atoms with Crippen molar-refractivity contribution in [1.82, 2.24) is 0 Å². The van der Waals surface area contributed by atoms with E-state index in [9.17, 15) is 16.8 Å². The fourth-order valence-corrected chi connectivity index (χ4v) is 8.63. The van der Waals surface area contributed by atoms with Crippen LogP contribution in [0, 0.1) is 5.92 Å². The Morgan fingerprint density at radius 2 is 1.23 bits per heavy atom. The second-order valence-corrected chi connectivity index (χ2v) is 18.5. The lowest BCUT2D eigenvalue weighted by Gasteiger charge is -2.29. The monoisotopic (exact) mass is 735 g/mol. The van der Waals surface area contributed by atoms with Gasteiger partial charge in [0.25, 0.3) is 20.2 Å². The second-order valence-electron chi connectivity index (χ2n) is 14.3. The van der Waals surface area contributed by atoms with Crippen LogP contribution in [0.25, 0.3) is 33.7 Å². The Morgan fingerprint density at radius 1 is 0.731 bits per heavy atom. The molecule has 0 heterocycles. The highest BCUT2D eigenvalue weighted by Crippen LogP contribution is 2.55. The summed E-state index contributed by atoms with van der Waals surface area (Å²) in [5.74, 6) is 2.30. The maximum Gasteiger partial charge on any atom is 0.287 e. The number of benzene rings is 5. The molecule has 3 aliphatic rings. The van der Waals surface area contributed by atoms with Crippen molar-refractivity contribution in [3.05, 3.63) is 142 Å². The summed E-state index contributed by atoms with van der Waals surface area (Å²) >= 11 is 0. The fourth-order valence-electron chi connectivity index (χ4n) is 7.57. The lowest BCUT2D eigenvalue weighted by Crippen LogP contribution is -2.39. The molecule has 0 saturated heterocycles. The van der Waals surface area contributed by atoms with Gasteiger partial charge in [0.1, 0.15) is 0 Å². The van der Waals surface area contributed by atoms with E-state index < -0.39 is 24.3 Å². The molecule has 8 rings (SSSR count). The van der Waals surface area contributed by atoms with Crippen molar-refractivity contribution in [1.29, 1.82) is 0 Å². The Bertz CT molecular complexity index is 2300. The number of hydrogen-bond donors (Lipinski definition) is 2. The SMILES string of the molecule is C1=CC2C=Cc3ccc4ccc5ccc1c1c5c4c3C12.C=NCc1ccc(C(C)CC(CC)c2ccccc2)cc1.CC(C)(S(=O)(=O)O)S(=O)(=O)O. The van der Waals surface area contributed by atoms with Gasteiger partial charge in [0, 0.05) is 11.8 Å². The van der Waals surface area contributed by atoms with E-state index in [-0.39, 0.29) is 0 Å².